The highest BCUT2D eigenvalue weighted by atomic mass is 14.7. The molecule has 0 saturated carbocycles. The van der Waals surface area contributed by atoms with Crippen LogP contribution in [0.5, 0.6) is 0 Å². The van der Waals surface area contributed by atoms with Crippen molar-refractivity contribution in [1.29, 1.82) is 0 Å². The van der Waals surface area contributed by atoms with Crippen LogP contribution >= 0.6 is 0 Å². The summed E-state index contributed by atoms with van der Waals surface area (Å²) < 4.78 is 0. The van der Waals surface area contributed by atoms with Gasteiger partial charge in [-0.05, 0) is 41.5 Å². The first kappa shape index (κ1) is 13.9. The first-order valence-corrected chi connectivity index (χ1v) is 8.26. The van der Waals surface area contributed by atoms with Crippen LogP contribution in [0.25, 0.3) is 44.2 Å². The fourth-order valence-electron chi connectivity index (χ4n) is 3.39. The summed E-state index contributed by atoms with van der Waals surface area (Å²) in [6.07, 6.45) is 5.49. The number of hydrogen-bond donors (Lipinski definition) is 1. The minimum atomic E-state index is 0.964. The number of fused-ring (bicyclic) bond motifs is 3. The number of para-hydroxylation sites is 2. The van der Waals surface area contributed by atoms with E-state index >= 15 is 0 Å². The number of aromatic nitrogens is 3. The molecule has 0 aliphatic carbocycles. The molecule has 5 rings (SSSR count). The number of aromatic amines is 1. The number of H-pyrrole nitrogens is 1. The zero-order valence-corrected chi connectivity index (χ0v) is 13.5. The number of pyridine rings is 2. The van der Waals surface area contributed by atoms with E-state index in [1.54, 1.807) is 0 Å². The number of rotatable bonds is 2. The van der Waals surface area contributed by atoms with Gasteiger partial charge in [0.2, 0.25) is 0 Å². The van der Waals surface area contributed by atoms with Crippen molar-refractivity contribution in [3.05, 3.63) is 85.3 Å². The minimum absolute atomic E-state index is 0.964. The fourth-order valence-corrected chi connectivity index (χ4v) is 3.39. The Balaban J connectivity index is 1.74. The molecule has 0 atom stereocenters. The molecule has 3 heterocycles. The Kier molecular flexibility index (Phi) is 3.10. The van der Waals surface area contributed by atoms with E-state index in [1.807, 2.05) is 36.8 Å². The van der Waals surface area contributed by atoms with Crippen molar-refractivity contribution in [3.63, 3.8) is 0 Å². The van der Waals surface area contributed by atoms with Crippen LogP contribution in [0.4, 0.5) is 0 Å². The number of nitrogens with zero attached hydrogens (tertiary/aromatic N) is 2. The lowest BCUT2D eigenvalue weighted by atomic mass is 10.0. The van der Waals surface area contributed by atoms with Crippen LogP contribution in [-0.2, 0) is 0 Å². The second-order valence-electron chi connectivity index (χ2n) is 6.06. The van der Waals surface area contributed by atoms with Crippen LogP contribution < -0.4 is 0 Å². The summed E-state index contributed by atoms with van der Waals surface area (Å²) in [4.78, 5) is 12.3. The van der Waals surface area contributed by atoms with Gasteiger partial charge in [-0.1, -0.05) is 36.4 Å². The minimum Gasteiger partial charge on any atom is -0.354 e. The van der Waals surface area contributed by atoms with Crippen molar-refractivity contribution in [3.8, 4) is 22.4 Å². The normalized spacial score (nSPS) is 11.2. The monoisotopic (exact) mass is 321 g/mol. The van der Waals surface area contributed by atoms with Gasteiger partial charge in [-0.3, -0.25) is 9.97 Å². The van der Waals surface area contributed by atoms with E-state index in [-0.39, 0.29) is 0 Å². The maximum Gasteiger partial charge on any atom is 0.0729 e. The molecule has 0 fully saturated rings. The summed E-state index contributed by atoms with van der Waals surface area (Å²) in [6.45, 7) is 0. The number of benzene rings is 2. The maximum absolute atomic E-state index is 4.62. The Labute approximate surface area is 145 Å². The largest absolute Gasteiger partial charge is 0.354 e. The molecule has 2 aromatic carbocycles. The molecule has 0 bridgehead atoms. The SMILES string of the molecule is c1ccc2c(c1)[nH]c1c(-c3cc(-c4ccncc4)ccn3)cccc12. The highest BCUT2D eigenvalue weighted by molar-refractivity contribution is 6.11. The molecular weight excluding hydrogens is 306 g/mol. The quantitative estimate of drug-likeness (QED) is 0.470. The maximum atomic E-state index is 4.62. The lowest BCUT2D eigenvalue weighted by Gasteiger charge is -2.06. The van der Waals surface area contributed by atoms with Gasteiger partial charge in [-0.2, -0.15) is 0 Å². The second kappa shape index (κ2) is 5.56. The van der Waals surface area contributed by atoms with E-state index in [1.165, 1.54) is 10.8 Å². The number of hydrogen-bond acceptors (Lipinski definition) is 2. The summed E-state index contributed by atoms with van der Waals surface area (Å²) in [5, 5.41) is 2.47. The zero-order chi connectivity index (χ0) is 16.6. The average Bonchev–Trinajstić information content (AvgIpc) is 3.07. The molecular formula is C22H15N3. The molecule has 0 spiro atoms. The smallest absolute Gasteiger partial charge is 0.0729 e. The predicted octanol–water partition coefficient (Wildman–Crippen LogP) is 5.45. The topological polar surface area (TPSA) is 41.6 Å². The lowest BCUT2D eigenvalue weighted by Crippen LogP contribution is -1.87. The second-order valence-corrected chi connectivity index (χ2v) is 6.06. The fraction of sp³-hybridized carbons (Fsp3) is 0. The number of nitrogens with one attached hydrogen (secondary N) is 1. The highest BCUT2D eigenvalue weighted by Gasteiger charge is 2.10. The van der Waals surface area contributed by atoms with E-state index in [2.05, 4.69) is 63.5 Å². The van der Waals surface area contributed by atoms with Crippen LogP contribution in [-0.4, -0.2) is 15.0 Å². The standard InChI is InChI=1S/C22H15N3/c1-2-7-20-17(4-1)18-5-3-6-19(22(18)25-20)21-14-16(10-13-24-21)15-8-11-23-12-9-15/h1-14,25H. The first-order valence-electron chi connectivity index (χ1n) is 8.26. The molecule has 0 saturated heterocycles. The third-order valence-corrected chi connectivity index (χ3v) is 4.59. The van der Waals surface area contributed by atoms with Crippen molar-refractivity contribution in [2.75, 3.05) is 0 Å². The predicted molar refractivity (Wildman–Crippen MR) is 102 cm³/mol. The Morgan fingerprint density at radius 1 is 0.680 bits per heavy atom. The molecule has 0 unspecified atom stereocenters. The van der Waals surface area contributed by atoms with E-state index < -0.39 is 0 Å². The summed E-state index contributed by atoms with van der Waals surface area (Å²) in [5.41, 5.74) is 6.64. The van der Waals surface area contributed by atoms with Gasteiger partial charge in [0.25, 0.3) is 0 Å². The van der Waals surface area contributed by atoms with Crippen LogP contribution in [0.15, 0.2) is 85.3 Å². The van der Waals surface area contributed by atoms with Gasteiger partial charge < -0.3 is 4.98 Å². The molecule has 0 aliphatic rings. The third-order valence-electron chi connectivity index (χ3n) is 4.59. The lowest BCUT2D eigenvalue weighted by molar-refractivity contribution is 1.31. The molecule has 3 nitrogen and oxygen atoms in total. The Morgan fingerprint density at radius 3 is 2.40 bits per heavy atom. The van der Waals surface area contributed by atoms with Crippen LogP contribution in [0.2, 0.25) is 0 Å². The summed E-state index contributed by atoms with van der Waals surface area (Å²) in [5.74, 6) is 0. The van der Waals surface area contributed by atoms with E-state index in [0.29, 0.717) is 0 Å². The van der Waals surface area contributed by atoms with E-state index in [9.17, 15) is 0 Å². The van der Waals surface area contributed by atoms with E-state index in [4.69, 9.17) is 0 Å². The van der Waals surface area contributed by atoms with Crippen molar-refractivity contribution in [2.24, 2.45) is 0 Å². The van der Waals surface area contributed by atoms with Gasteiger partial charge in [0, 0.05) is 40.4 Å². The molecule has 1 N–H and O–H groups in total. The molecule has 3 aromatic heterocycles. The van der Waals surface area contributed by atoms with Gasteiger partial charge in [0.1, 0.15) is 0 Å². The van der Waals surface area contributed by atoms with Gasteiger partial charge in [-0.25, -0.2) is 0 Å². The molecule has 25 heavy (non-hydrogen) atoms. The van der Waals surface area contributed by atoms with Gasteiger partial charge in [0.05, 0.1) is 11.2 Å². The van der Waals surface area contributed by atoms with Crippen molar-refractivity contribution >= 4 is 21.8 Å². The van der Waals surface area contributed by atoms with Gasteiger partial charge in [0.15, 0.2) is 0 Å². The summed E-state index contributed by atoms with van der Waals surface area (Å²) in [6, 6.07) is 23.0. The first-order chi connectivity index (χ1) is 12.4. The molecule has 3 heteroatoms. The Hall–Kier alpha value is -3.46. The Morgan fingerprint density at radius 2 is 1.48 bits per heavy atom. The molecule has 0 amide bonds. The Bertz CT molecular complexity index is 1190. The third kappa shape index (κ3) is 2.29. The van der Waals surface area contributed by atoms with Crippen LogP contribution in [0.1, 0.15) is 0 Å². The molecule has 0 aliphatic heterocycles. The van der Waals surface area contributed by atoms with E-state index in [0.717, 1.165) is 33.4 Å². The summed E-state index contributed by atoms with van der Waals surface area (Å²) >= 11 is 0. The van der Waals surface area contributed by atoms with Crippen molar-refractivity contribution in [1.82, 2.24) is 15.0 Å². The van der Waals surface area contributed by atoms with Gasteiger partial charge in [-0.15, -0.1) is 0 Å². The molecule has 0 radical (unpaired) electrons. The molecule has 5 aromatic rings. The highest BCUT2D eigenvalue weighted by Crippen LogP contribution is 2.33. The van der Waals surface area contributed by atoms with Gasteiger partial charge >= 0.3 is 0 Å². The zero-order valence-electron chi connectivity index (χ0n) is 13.5. The van der Waals surface area contributed by atoms with Crippen LogP contribution in [0.3, 0.4) is 0 Å². The molecule has 118 valence electrons. The van der Waals surface area contributed by atoms with Crippen LogP contribution in [0, 0.1) is 0 Å². The van der Waals surface area contributed by atoms with Crippen molar-refractivity contribution in [2.45, 2.75) is 0 Å². The van der Waals surface area contributed by atoms with Crippen molar-refractivity contribution < 1.29 is 0 Å². The average molecular weight is 321 g/mol. The summed E-state index contributed by atoms with van der Waals surface area (Å²) in [7, 11) is 0.